The monoisotopic (exact) mass is 604 g/mol. The first-order valence-corrected chi connectivity index (χ1v) is 13.7. The van der Waals surface area contributed by atoms with Gasteiger partial charge in [0, 0.05) is 12.1 Å². The van der Waals surface area contributed by atoms with Gasteiger partial charge in [0.2, 0.25) is 0 Å². The second-order valence-corrected chi connectivity index (χ2v) is 10.5. The highest BCUT2D eigenvalue weighted by molar-refractivity contribution is 5.66. The maximum Gasteiger partial charge on any atom is 0.432 e. The fourth-order valence-electron chi connectivity index (χ4n) is 5.17. The molecule has 1 fully saturated rings. The molecule has 0 amide bonds. The van der Waals surface area contributed by atoms with E-state index in [4.69, 9.17) is 4.74 Å². The van der Waals surface area contributed by atoms with Crippen molar-refractivity contribution in [1.29, 1.82) is 0 Å². The standard InChI is InChI=1S/C31H29F9O2/c1-2-3-4-5-6-7-17-8-9-27(41-16-17)18-10-21(32)28(22(33)11-18)19-12-23(34)29(24(35)13-19)31(39,40)42-20-14-25(36)30(38)26(37)15-20/h10-15,17,27H,2-9,16H2,1H3. The van der Waals surface area contributed by atoms with Gasteiger partial charge < -0.3 is 9.47 Å². The Morgan fingerprint density at radius 1 is 0.738 bits per heavy atom. The lowest BCUT2D eigenvalue weighted by Crippen LogP contribution is -2.25. The lowest BCUT2D eigenvalue weighted by atomic mass is 9.90. The van der Waals surface area contributed by atoms with Gasteiger partial charge in [-0.25, -0.2) is 30.7 Å². The summed E-state index contributed by atoms with van der Waals surface area (Å²) in [6.45, 7) is 2.58. The highest BCUT2D eigenvalue weighted by atomic mass is 19.3. The number of hydrogen-bond donors (Lipinski definition) is 0. The zero-order chi connectivity index (χ0) is 30.6. The Bertz CT molecular complexity index is 1330. The second kappa shape index (κ2) is 13.4. The maximum absolute atomic E-state index is 15.1. The van der Waals surface area contributed by atoms with Gasteiger partial charge in [-0.15, -0.1) is 0 Å². The maximum atomic E-state index is 15.1. The van der Waals surface area contributed by atoms with Crippen molar-refractivity contribution >= 4 is 0 Å². The van der Waals surface area contributed by atoms with Crippen molar-refractivity contribution in [3.8, 4) is 16.9 Å². The molecule has 42 heavy (non-hydrogen) atoms. The molecule has 228 valence electrons. The number of alkyl halides is 2. The summed E-state index contributed by atoms with van der Waals surface area (Å²) in [5, 5.41) is 0. The van der Waals surface area contributed by atoms with E-state index in [0.717, 1.165) is 44.2 Å². The Labute approximate surface area is 237 Å². The fraction of sp³-hybridized carbons (Fsp3) is 0.419. The van der Waals surface area contributed by atoms with Crippen LogP contribution < -0.4 is 4.74 Å². The molecule has 3 aromatic rings. The Morgan fingerprint density at radius 2 is 1.33 bits per heavy atom. The molecule has 2 nitrogen and oxygen atoms in total. The van der Waals surface area contributed by atoms with E-state index in [0.29, 0.717) is 18.9 Å². The molecule has 0 radical (unpaired) electrons. The predicted molar refractivity (Wildman–Crippen MR) is 137 cm³/mol. The molecule has 2 atom stereocenters. The predicted octanol–water partition coefficient (Wildman–Crippen LogP) is 10.3. The van der Waals surface area contributed by atoms with Crippen LogP contribution in [0.5, 0.6) is 5.75 Å². The van der Waals surface area contributed by atoms with Crippen LogP contribution >= 0.6 is 0 Å². The molecule has 1 aliphatic heterocycles. The molecule has 4 rings (SSSR count). The highest BCUT2D eigenvalue weighted by Crippen LogP contribution is 2.40. The number of unbranched alkanes of at least 4 members (excludes halogenated alkanes) is 4. The van der Waals surface area contributed by atoms with Gasteiger partial charge in [-0.3, -0.25) is 0 Å². The molecule has 0 bridgehead atoms. The van der Waals surface area contributed by atoms with Crippen molar-refractivity contribution in [3.05, 3.63) is 88.2 Å². The van der Waals surface area contributed by atoms with E-state index in [1.165, 1.54) is 12.8 Å². The van der Waals surface area contributed by atoms with E-state index >= 15 is 8.78 Å². The van der Waals surface area contributed by atoms with Crippen molar-refractivity contribution in [2.75, 3.05) is 6.61 Å². The van der Waals surface area contributed by atoms with E-state index in [1.54, 1.807) is 0 Å². The second-order valence-electron chi connectivity index (χ2n) is 10.5. The van der Waals surface area contributed by atoms with Crippen molar-refractivity contribution in [1.82, 2.24) is 0 Å². The molecule has 0 saturated carbocycles. The molecule has 3 aromatic carbocycles. The van der Waals surface area contributed by atoms with E-state index < -0.39 is 75.4 Å². The van der Waals surface area contributed by atoms with Crippen LogP contribution in [0.3, 0.4) is 0 Å². The molecular formula is C31H29F9O2. The smallest absolute Gasteiger partial charge is 0.429 e. The summed E-state index contributed by atoms with van der Waals surface area (Å²) in [5.74, 6) is -12.9. The van der Waals surface area contributed by atoms with E-state index in [9.17, 15) is 30.7 Å². The van der Waals surface area contributed by atoms with E-state index in [2.05, 4.69) is 11.7 Å². The summed E-state index contributed by atoms with van der Waals surface area (Å²) in [5.41, 5.74) is -3.34. The van der Waals surface area contributed by atoms with E-state index in [-0.39, 0.29) is 29.8 Å². The van der Waals surface area contributed by atoms with Gasteiger partial charge in [-0.2, -0.15) is 8.78 Å². The molecule has 11 heteroatoms. The SMILES string of the molecule is CCCCCCCC1CCC(c2cc(F)c(-c3cc(F)c(C(F)(F)Oc4cc(F)c(F)c(F)c4)c(F)c3)c(F)c2)OC1. The molecule has 0 aromatic heterocycles. The average Bonchev–Trinajstić information content (AvgIpc) is 2.90. The number of hydrogen-bond acceptors (Lipinski definition) is 2. The van der Waals surface area contributed by atoms with E-state index in [1.807, 2.05) is 0 Å². The van der Waals surface area contributed by atoms with Crippen molar-refractivity contribution in [2.24, 2.45) is 5.92 Å². The summed E-state index contributed by atoms with van der Waals surface area (Å²) < 4.78 is 139. The topological polar surface area (TPSA) is 18.5 Å². The van der Waals surface area contributed by atoms with Crippen LogP contribution in [0.1, 0.15) is 75.5 Å². The number of rotatable bonds is 11. The third-order valence-corrected chi connectivity index (χ3v) is 7.35. The Kier molecular flexibility index (Phi) is 10.1. The molecule has 1 saturated heterocycles. The number of benzene rings is 3. The lowest BCUT2D eigenvalue weighted by Gasteiger charge is -2.29. The zero-order valence-electron chi connectivity index (χ0n) is 22.7. The van der Waals surface area contributed by atoms with Crippen LogP contribution in [-0.4, -0.2) is 6.61 Å². The normalized spacial score (nSPS) is 17.5. The molecule has 2 unspecified atom stereocenters. The average molecular weight is 605 g/mol. The Morgan fingerprint density at radius 3 is 1.88 bits per heavy atom. The zero-order valence-corrected chi connectivity index (χ0v) is 22.7. The van der Waals surface area contributed by atoms with Crippen LogP contribution in [0.4, 0.5) is 39.5 Å². The minimum atomic E-state index is -4.84. The van der Waals surface area contributed by atoms with Gasteiger partial charge in [0.15, 0.2) is 17.5 Å². The molecule has 0 spiro atoms. The molecule has 0 N–H and O–H groups in total. The molecule has 0 aliphatic carbocycles. The van der Waals surface area contributed by atoms with Crippen molar-refractivity contribution < 1.29 is 49.0 Å². The van der Waals surface area contributed by atoms with Crippen molar-refractivity contribution in [3.63, 3.8) is 0 Å². The summed E-state index contributed by atoms with van der Waals surface area (Å²) >= 11 is 0. The first-order chi connectivity index (χ1) is 19.9. The largest absolute Gasteiger partial charge is 0.432 e. The third kappa shape index (κ3) is 7.22. The van der Waals surface area contributed by atoms with Crippen LogP contribution in [-0.2, 0) is 10.8 Å². The number of halogens is 9. The Hall–Kier alpha value is -3.21. The number of ether oxygens (including phenoxy) is 2. The van der Waals surface area contributed by atoms with Gasteiger partial charge in [0.25, 0.3) is 0 Å². The third-order valence-electron chi connectivity index (χ3n) is 7.35. The van der Waals surface area contributed by atoms with Gasteiger partial charge in [-0.1, -0.05) is 39.0 Å². The summed E-state index contributed by atoms with van der Waals surface area (Å²) in [4.78, 5) is 0. The van der Waals surface area contributed by atoms with Crippen molar-refractivity contribution in [2.45, 2.75) is 70.5 Å². The summed E-state index contributed by atoms with van der Waals surface area (Å²) in [7, 11) is 0. The molecule has 1 heterocycles. The molecular weight excluding hydrogens is 575 g/mol. The minimum absolute atomic E-state index is 0.0631. The Balaban J connectivity index is 1.49. The first-order valence-electron chi connectivity index (χ1n) is 13.7. The summed E-state index contributed by atoms with van der Waals surface area (Å²) in [6, 6.07) is 2.65. The van der Waals surface area contributed by atoms with Gasteiger partial charge in [0.05, 0.1) is 18.3 Å². The fourth-order valence-corrected chi connectivity index (χ4v) is 5.17. The summed E-state index contributed by atoms with van der Waals surface area (Å²) in [6.07, 6.45) is 2.71. The quantitative estimate of drug-likeness (QED) is 0.123. The van der Waals surface area contributed by atoms with Gasteiger partial charge in [0.1, 0.15) is 34.6 Å². The van der Waals surface area contributed by atoms with Crippen LogP contribution in [0.15, 0.2) is 36.4 Å². The molecule has 1 aliphatic rings. The van der Waals surface area contributed by atoms with Gasteiger partial charge >= 0.3 is 6.11 Å². The first kappa shape index (κ1) is 31.7. The van der Waals surface area contributed by atoms with Crippen LogP contribution in [0.25, 0.3) is 11.1 Å². The van der Waals surface area contributed by atoms with Crippen LogP contribution in [0, 0.1) is 46.6 Å². The van der Waals surface area contributed by atoms with Gasteiger partial charge in [-0.05, 0) is 60.6 Å². The van der Waals surface area contributed by atoms with Crippen LogP contribution in [0.2, 0.25) is 0 Å². The minimum Gasteiger partial charge on any atom is -0.429 e. The highest BCUT2D eigenvalue weighted by Gasteiger charge is 2.42. The lowest BCUT2D eigenvalue weighted by molar-refractivity contribution is -0.189.